The molecule has 1 aliphatic heterocycles. The number of hydrogen-bond donors (Lipinski definition) is 1. The molecule has 0 spiro atoms. The van der Waals surface area contributed by atoms with Gasteiger partial charge in [0.2, 0.25) is 0 Å². The number of nitrogens with zero attached hydrogens (tertiary/aromatic N) is 1. The molecular weight excluding hydrogens is 267 g/mol. The first-order valence-electron chi connectivity index (χ1n) is 8.08. The minimum absolute atomic E-state index is 0.0912. The zero-order chi connectivity index (χ0) is 14.7. The highest BCUT2D eigenvalue weighted by atomic mass is 19.1. The summed E-state index contributed by atoms with van der Waals surface area (Å²) in [5.41, 5.74) is 1.99. The molecule has 116 valence electrons. The Bertz CT molecular complexity index is 476. The lowest BCUT2D eigenvalue weighted by Gasteiger charge is -2.35. The average Bonchev–Trinajstić information content (AvgIpc) is 3.33. The number of rotatable bonds is 6. The van der Waals surface area contributed by atoms with Crippen LogP contribution in [0.2, 0.25) is 0 Å². The maximum Gasteiger partial charge on any atom is 0.127 e. The standard InChI is InChI=1S/C17H25FN2O/c1-2-16-12-21-8-7-20(16)11-14-9-13(3-6-17(14)18)10-19-15-4-5-15/h3,6,9,15-16,19H,2,4-5,7-8,10-12H2,1H3. The molecule has 3 rings (SSSR count). The zero-order valence-corrected chi connectivity index (χ0v) is 12.8. The minimum Gasteiger partial charge on any atom is -0.378 e. The Hall–Kier alpha value is -0.970. The molecule has 0 bridgehead atoms. The Balaban J connectivity index is 1.66. The second kappa shape index (κ2) is 6.86. The van der Waals surface area contributed by atoms with Crippen LogP contribution in [0, 0.1) is 5.82 Å². The van der Waals surface area contributed by atoms with Crippen LogP contribution >= 0.6 is 0 Å². The molecule has 1 atom stereocenters. The third-order valence-corrected chi connectivity index (χ3v) is 4.48. The van der Waals surface area contributed by atoms with Crippen molar-refractivity contribution >= 4 is 0 Å². The normalized spacial score (nSPS) is 23.4. The molecule has 0 aromatic heterocycles. The number of nitrogens with one attached hydrogen (secondary N) is 1. The highest BCUT2D eigenvalue weighted by Gasteiger charge is 2.23. The fraction of sp³-hybridized carbons (Fsp3) is 0.647. The van der Waals surface area contributed by atoms with Gasteiger partial charge in [-0.05, 0) is 30.9 Å². The van der Waals surface area contributed by atoms with E-state index in [4.69, 9.17) is 4.74 Å². The van der Waals surface area contributed by atoms with Crippen molar-refractivity contribution in [1.29, 1.82) is 0 Å². The number of benzene rings is 1. The van der Waals surface area contributed by atoms with Crippen molar-refractivity contribution in [2.75, 3.05) is 19.8 Å². The molecule has 21 heavy (non-hydrogen) atoms. The van der Waals surface area contributed by atoms with E-state index in [0.29, 0.717) is 18.6 Å². The summed E-state index contributed by atoms with van der Waals surface area (Å²) < 4.78 is 19.6. The third-order valence-electron chi connectivity index (χ3n) is 4.48. The summed E-state index contributed by atoms with van der Waals surface area (Å²) in [5.74, 6) is -0.0912. The summed E-state index contributed by atoms with van der Waals surface area (Å²) in [6, 6.07) is 6.62. The first-order chi connectivity index (χ1) is 10.3. The van der Waals surface area contributed by atoms with E-state index in [9.17, 15) is 4.39 Å². The lowest BCUT2D eigenvalue weighted by Crippen LogP contribution is -2.44. The van der Waals surface area contributed by atoms with Gasteiger partial charge in [0.25, 0.3) is 0 Å². The van der Waals surface area contributed by atoms with Gasteiger partial charge in [0, 0.05) is 37.3 Å². The zero-order valence-electron chi connectivity index (χ0n) is 12.8. The SMILES string of the molecule is CCC1COCCN1Cc1cc(CNC2CC2)ccc1F. The Labute approximate surface area is 126 Å². The van der Waals surface area contributed by atoms with Gasteiger partial charge in [-0.15, -0.1) is 0 Å². The van der Waals surface area contributed by atoms with Crippen molar-refractivity contribution in [2.24, 2.45) is 0 Å². The maximum atomic E-state index is 14.1. The summed E-state index contributed by atoms with van der Waals surface area (Å²) in [6.07, 6.45) is 3.60. The first kappa shape index (κ1) is 14.9. The fourth-order valence-corrected chi connectivity index (χ4v) is 2.90. The second-order valence-electron chi connectivity index (χ2n) is 6.19. The smallest absolute Gasteiger partial charge is 0.127 e. The summed E-state index contributed by atoms with van der Waals surface area (Å²) in [6.45, 7) is 6.10. The molecule has 1 aromatic rings. The lowest BCUT2D eigenvalue weighted by atomic mass is 10.1. The van der Waals surface area contributed by atoms with Gasteiger partial charge < -0.3 is 10.1 Å². The van der Waals surface area contributed by atoms with E-state index in [1.54, 1.807) is 6.07 Å². The molecule has 1 unspecified atom stereocenters. The van der Waals surface area contributed by atoms with Crippen LogP contribution in [0.25, 0.3) is 0 Å². The molecule has 1 aromatic carbocycles. The Morgan fingerprint density at radius 2 is 2.24 bits per heavy atom. The molecular formula is C17H25FN2O. The van der Waals surface area contributed by atoms with Crippen molar-refractivity contribution < 1.29 is 9.13 Å². The van der Waals surface area contributed by atoms with Gasteiger partial charge in [-0.2, -0.15) is 0 Å². The van der Waals surface area contributed by atoms with Crippen LogP contribution < -0.4 is 5.32 Å². The van der Waals surface area contributed by atoms with E-state index < -0.39 is 0 Å². The Morgan fingerprint density at radius 3 is 3.00 bits per heavy atom. The van der Waals surface area contributed by atoms with Crippen LogP contribution in [-0.2, 0) is 17.8 Å². The summed E-state index contributed by atoms with van der Waals surface area (Å²) in [5, 5.41) is 3.49. The average molecular weight is 292 g/mol. The summed E-state index contributed by atoms with van der Waals surface area (Å²) >= 11 is 0. The van der Waals surface area contributed by atoms with E-state index in [1.165, 1.54) is 18.4 Å². The maximum absolute atomic E-state index is 14.1. The van der Waals surface area contributed by atoms with E-state index in [0.717, 1.165) is 38.3 Å². The van der Waals surface area contributed by atoms with E-state index in [2.05, 4.69) is 17.1 Å². The molecule has 0 amide bonds. The van der Waals surface area contributed by atoms with Crippen molar-refractivity contribution in [2.45, 2.75) is 51.4 Å². The summed E-state index contributed by atoms with van der Waals surface area (Å²) in [7, 11) is 0. The number of hydrogen-bond acceptors (Lipinski definition) is 3. The molecule has 4 heteroatoms. The van der Waals surface area contributed by atoms with Crippen LogP contribution in [0.3, 0.4) is 0 Å². The van der Waals surface area contributed by atoms with Crippen LogP contribution in [0.4, 0.5) is 4.39 Å². The van der Waals surface area contributed by atoms with Crippen LogP contribution in [0.1, 0.15) is 37.3 Å². The van der Waals surface area contributed by atoms with Crippen LogP contribution in [-0.4, -0.2) is 36.7 Å². The Kier molecular flexibility index (Phi) is 4.88. The summed E-state index contributed by atoms with van der Waals surface area (Å²) in [4.78, 5) is 2.35. The van der Waals surface area contributed by atoms with Crippen molar-refractivity contribution in [3.63, 3.8) is 0 Å². The van der Waals surface area contributed by atoms with Gasteiger partial charge in [-0.3, -0.25) is 4.90 Å². The minimum atomic E-state index is -0.0912. The highest BCUT2D eigenvalue weighted by molar-refractivity contribution is 5.25. The van der Waals surface area contributed by atoms with Gasteiger partial charge in [-0.1, -0.05) is 19.1 Å². The Morgan fingerprint density at radius 1 is 1.38 bits per heavy atom. The monoisotopic (exact) mass is 292 g/mol. The molecule has 1 N–H and O–H groups in total. The predicted octanol–water partition coefficient (Wildman–Crippen LogP) is 2.69. The third kappa shape index (κ3) is 4.02. The van der Waals surface area contributed by atoms with Crippen molar-refractivity contribution in [3.05, 3.63) is 35.1 Å². The molecule has 0 radical (unpaired) electrons. The van der Waals surface area contributed by atoms with Crippen LogP contribution in [0.15, 0.2) is 18.2 Å². The van der Waals surface area contributed by atoms with Gasteiger partial charge in [-0.25, -0.2) is 4.39 Å². The van der Waals surface area contributed by atoms with Gasteiger partial charge >= 0.3 is 0 Å². The molecule has 2 aliphatic rings. The van der Waals surface area contributed by atoms with E-state index in [-0.39, 0.29) is 5.82 Å². The topological polar surface area (TPSA) is 24.5 Å². The molecule has 2 fully saturated rings. The van der Waals surface area contributed by atoms with Crippen molar-refractivity contribution in [1.82, 2.24) is 10.2 Å². The number of halogens is 1. The number of ether oxygens (including phenoxy) is 1. The molecule has 1 heterocycles. The lowest BCUT2D eigenvalue weighted by molar-refractivity contribution is -0.0131. The van der Waals surface area contributed by atoms with Gasteiger partial charge in [0.05, 0.1) is 13.2 Å². The van der Waals surface area contributed by atoms with Gasteiger partial charge in [0.1, 0.15) is 5.82 Å². The highest BCUT2D eigenvalue weighted by Crippen LogP contribution is 2.21. The first-order valence-corrected chi connectivity index (χ1v) is 8.08. The molecule has 1 aliphatic carbocycles. The second-order valence-corrected chi connectivity index (χ2v) is 6.19. The molecule has 1 saturated carbocycles. The number of morpholine rings is 1. The molecule has 1 saturated heterocycles. The molecule has 3 nitrogen and oxygen atoms in total. The van der Waals surface area contributed by atoms with E-state index >= 15 is 0 Å². The fourth-order valence-electron chi connectivity index (χ4n) is 2.90. The van der Waals surface area contributed by atoms with Crippen molar-refractivity contribution in [3.8, 4) is 0 Å². The van der Waals surface area contributed by atoms with E-state index in [1.807, 2.05) is 12.1 Å². The van der Waals surface area contributed by atoms with Gasteiger partial charge in [0.15, 0.2) is 0 Å². The largest absolute Gasteiger partial charge is 0.378 e. The predicted molar refractivity (Wildman–Crippen MR) is 81.6 cm³/mol. The van der Waals surface area contributed by atoms with Crippen LogP contribution in [0.5, 0.6) is 0 Å². The quantitative estimate of drug-likeness (QED) is 0.872.